The maximum absolute atomic E-state index is 9.19. The summed E-state index contributed by atoms with van der Waals surface area (Å²) in [5.41, 5.74) is 0. The summed E-state index contributed by atoms with van der Waals surface area (Å²) in [6, 6.07) is 0. The first kappa shape index (κ1) is 17.9. The predicted octanol–water partition coefficient (Wildman–Crippen LogP) is 2.70. The van der Waals surface area contributed by atoms with E-state index >= 15 is 0 Å². The van der Waals surface area contributed by atoms with E-state index in [2.05, 4.69) is 13.8 Å². The monoisotopic (exact) mass is 280 g/mol. The number of unbranched alkanes of at least 4 members (excludes halogenated alkanes) is 1. The average molecular weight is 280 g/mol. The number of likely N-dealkylation sites (tertiary alicyclic amines) is 1. The molecule has 18 heavy (non-hydrogen) atoms. The van der Waals surface area contributed by atoms with Crippen LogP contribution in [0.1, 0.15) is 52.4 Å². The highest BCUT2D eigenvalue weighted by Gasteiger charge is 2.27. The summed E-state index contributed by atoms with van der Waals surface area (Å²) in [5.74, 6) is 0. The number of nitrogens with zero attached hydrogens (tertiary/aromatic N) is 1. The Morgan fingerprint density at radius 3 is 1.89 bits per heavy atom. The summed E-state index contributed by atoms with van der Waals surface area (Å²) in [4.78, 5) is 0. The lowest BCUT2D eigenvalue weighted by Crippen LogP contribution is -2.52. The SMILES string of the molecule is CCCC[N+]1(CCC)CCCCC1.CS(=O)(=O)O. The van der Waals surface area contributed by atoms with Crippen molar-refractivity contribution in [3.05, 3.63) is 0 Å². The van der Waals surface area contributed by atoms with Gasteiger partial charge in [-0.2, -0.15) is 8.42 Å². The average Bonchev–Trinajstić information content (AvgIpc) is 2.26. The molecular weight excluding hydrogens is 250 g/mol. The normalized spacial score (nSPS) is 18.9. The summed E-state index contributed by atoms with van der Waals surface area (Å²) in [6.45, 7) is 10.5. The Labute approximate surface area is 113 Å². The van der Waals surface area contributed by atoms with Gasteiger partial charge in [0, 0.05) is 0 Å². The van der Waals surface area contributed by atoms with Gasteiger partial charge in [0.05, 0.1) is 32.4 Å². The van der Waals surface area contributed by atoms with Crippen LogP contribution in [-0.2, 0) is 10.1 Å². The van der Waals surface area contributed by atoms with Crippen LogP contribution in [0.15, 0.2) is 0 Å². The highest BCUT2D eigenvalue weighted by atomic mass is 32.2. The maximum atomic E-state index is 9.19. The topological polar surface area (TPSA) is 54.4 Å². The first-order valence-electron chi connectivity index (χ1n) is 7.10. The van der Waals surface area contributed by atoms with Crippen molar-refractivity contribution < 1.29 is 17.5 Å². The molecule has 0 amide bonds. The lowest BCUT2D eigenvalue weighted by molar-refractivity contribution is -0.932. The van der Waals surface area contributed by atoms with Gasteiger partial charge in [0.1, 0.15) is 0 Å². The molecule has 4 nitrogen and oxygen atoms in total. The zero-order chi connectivity index (χ0) is 14.1. The highest BCUT2D eigenvalue weighted by molar-refractivity contribution is 7.85. The van der Waals surface area contributed by atoms with Crippen LogP contribution >= 0.6 is 0 Å². The van der Waals surface area contributed by atoms with Crippen molar-refractivity contribution in [2.24, 2.45) is 0 Å². The van der Waals surface area contributed by atoms with Gasteiger partial charge in [0.25, 0.3) is 10.1 Å². The van der Waals surface area contributed by atoms with Crippen LogP contribution in [0.3, 0.4) is 0 Å². The Hall–Kier alpha value is -0.130. The maximum Gasteiger partial charge on any atom is 0.261 e. The highest BCUT2D eigenvalue weighted by Crippen LogP contribution is 2.20. The minimum atomic E-state index is -3.67. The molecular formula is C13H30NO3S+. The largest absolute Gasteiger partial charge is 0.324 e. The Kier molecular flexibility index (Phi) is 8.82. The van der Waals surface area contributed by atoms with Gasteiger partial charge in [-0.25, -0.2) is 0 Å². The Balaban J connectivity index is 0.000000494. The number of rotatable bonds is 5. The second-order valence-corrected chi connectivity index (χ2v) is 6.85. The molecule has 110 valence electrons. The zero-order valence-electron chi connectivity index (χ0n) is 12.2. The second kappa shape index (κ2) is 8.88. The van der Waals surface area contributed by atoms with Crippen LogP contribution in [0.2, 0.25) is 0 Å². The van der Waals surface area contributed by atoms with Crippen LogP contribution in [0, 0.1) is 0 Å². The molecule has 1 aliphatic heterocycles. The van der Waals surface area contributed by atoms with Crippen LogP contribution in [0.5, 0.6) is 0 Å². The molecule has 1 fully saturated rings. The third kappa shape index (κ3) is 9.85. The quantitative estimate of drug-likeness (QED) is 0.622. The lowest BCUT2D eigenvalue weighted by atomic mass is 10.1. The second-order valence-electron chi connectivity index (χ2n) is 5.38. The van der Waals surface area contributed by atoms with Crippen molar-refractivity contribution in [1.29, 1.82) is 0 Å². The molecule has 1 rings (SSSR count). The summed E-state index contributed by atoms with van der Waals surface area (Å²) in [6.07, 6.45) is 9.31. The van der Waals surface area contributed by atoms with Gasteiger partial charge in [0.15, 0.2) is 0 Å². The summed E-state index contributed by atoms with van der Waals surface area (Å²) >= 11 is 0. The summed E-state index contributed by atoms with van der Waals surface area (Å²) in [7, 11) is -3.67. The molecule has 1 saturated heterocycles. The minimum absolute atomic E-state index is 0.715. The van der Waals surface area contributed by atoms with E-state index in [0.29, 0.717) is 6.26 Å². The Bertz CT molecular complexity index is 282. The molecule has 0 spiro atoms. The fourth-order valence-corrected chi connectivity index (χ4v) is 2.71. The number of hydrogen-bond donors (Lipinski definition) is 1. The molecule has 0 aliphatic carbocycles. The third-order valence-corrected chi connectivity index (χ3v) is 3.45. The van der Waals surface area contributed by atoms with Gasteiger partial charge in [-0.05, 0) is 32.1 Å². The lowest BCUT2D eigenvalue weighted by Gasteiger charge is -2.41. The molecule has 0 aromatic heterocycles. The van der Waals surface area contributed by atoms with Crippen LogP contribution in [0.25, 0.3) is 0 Å². The zero-order valence-corrected chi connectivity index (χ0v) is 13.0. The van der Waals surface area contributed by atoms with Gasteiger partial charge < -0.3 is 4.48 Å². The molecule has 5 heteroatoms. The van der Waals surface area contributed by atoms with E-state index in [1.165, 1.54) is 69.2 Å². The molecule has 0 unspecified atom stereocenters. The van der Waals surface area contributed by atoms with Crippen LogP contribution < -0.4 is 0 Å². The van der Waals surface area contributed by atoms with Crippen molar-refractivity contribution in [2.45, 2.75) is 52.4 Å². The van der Waals surface area contributed by atoms with E-state index in [9.17, 15) is 8.42 Å². The molecule has 0 saturated carbocycles. The first-order chi connectivity index (χ1) is 8.33. The number of quaternary nitrogens is 1. The number of hydrogen-bond acceptors (Lipinski definition) is 2. The van der Waals surface area contributed by atoms with Gasteiger partial charge in [-0.1, -0.05) is 20.3 Å². The Morgan fingerprint density at radius 2 is 1.50 bits per heavy atom. The van der Waals surface area contributed by atoms with E-state index in [1.54, 1.807) is 0 Å². The van der Waals surface area contributed by atoms with E-state index in [0.717, 1.165) is 0 Å². The van der Waals surface area contributed by atoms with E-state index in [1.807, 2.05) is 0 Å². The van der Waals surface area contributed by atoms with Gasteiger partial charge in [0.2, 0.25) is 0 Å². The Morgan fingerprint density at radius 1 is 1.00 bits per heavy atom. The molecule has 0 atom stereocenters. The van der Waals surface area contributed by atoms with Crippen LogP contribution in [0.4, 0.5) is 0 Å². The smallest absolute Gasteiger partial charge is 0.261 e. The summed E-state index contributed by atoms with van der Waals surface area (Å²) in [5, 5.41) is 0. The fourth-order valence-electron chi connectivity index (χ4n) is 2.71. The van der Waals surface area contributed by atoms with E-state index < -0.39 is 10.1 Å². The van der Waals surface area contributed by atoms with Crippen molar-refractivity contribution in [2.75, 3.05) is 32.4 Å². The molecule has 0 aromatic carbocycles. The standard InChI is InChI=1S/C12H26N.CH4O3S/c1-3-5-10-13(9-4-2)11-7-6-8-12-13;1-5(2,3)4/h3-12H2,1-2H3;1H3,(H,2,3,4)/q+1;. The van der Waals surface area contributed by atoms with Crippen molar-refractivity contribution in [3.63, 3.8) is 0 Å². The number of piperidine rings is 1. The molecule has 0 bridgehead atoms. The molecule has 1 heterocycles. The third-order valence-electron chi connectivity index (χ3n) is 3.45. The van der Waals surface area contributed by atoms with Crippen molar-refractivity contribution in [1.82, 2.24) is 0 Å². The van der Waals surface area contributed by atoms with E-state index in [-0.39, 0.29) is 0 Å². The minimum Gasteiger partial charge on any atom is -0.324 e. The molecule has 1 N–H and O–H groups in total. The fraction of sp³-hybridized carbons (Fsp3) is 1.00. The van der Waals surface area contributed by atoms with Crippen LogP contribution in [-0.4, -0.2) is 49.9 Å². The van der Waals surface area contributed by atoms with Gasteiger partial charge in [-0.15, -0.1) is 0 Å². The van der Waals surface area contributed by atoms with E-state index in [4.69, 9.17) is 4.55 Å². The van der Waals surface area contributed by atoms with Gasteiger partial charge >= 0.3 is 0 Å². The summed E-state index contributed by atoms with van der Waals surface area (Å²) < 4.78 is 27.3. The van der Waals surface area contributed by atoms with Crippen molar-refractivity contribution >= 4 is 10.1 Å². The van der Waals surface area contributed by atoms with Gasteiger partial charge in [-0.3, -0.25) is 4.55 Å². The van der Waals surface area contributed by atoms with Crippen molar-refractivity contribution in [3.8, 4) is 0 Å². The molecule has 1 aliphatic rings. The predicted molar refractivity (Wildman–Crippen MR) is 76.3 cm³/mol. The molecule has 0 radical (unpaired) electrons. The first-order valence-corrected chi connectivity index (χ1v) is 8.95. The molecule has 0 aromatic rings.